The second kappa shape index (κ2) is 3.00. The van der Waals surface area contributed by atoms with Crippen LogP contribution in [0.2, 0.25) is 0 Å². The number of nitrogens with zero attached hydrogens (tertiary/aromatic N) is 1. The lowest BCUT2D eigenvalue weighted by Crippen LogP contribution is -1.96. The van der Waals surface area contributed by atoms with Crippen LogP contribution < -0.4 is 0 Å². The second-order valence-electron chi connectivity index (χ2n) is 2.92. The number of hydrogen-bond donors (Lipinski definition) is 0. The van der Waals surface area contributed by atoms with E-state index in [1.807, 2.05) is 0 Å². The fraction of sp³-hybridized carbons (Fsp3) is 0.875. The molecule has 9 heavy (non-hydrogen) atoms. The molecule has 1 fully saturated rings. The Balaban J connectivity index is 2.09. The zero-order valence-corrected chi connectivity index (χ0v) is 6.35. The van der Waals surface area contributed by atoms with Crippen LogP contribution in [0.3, 0.4) is 0 Å². The molecule has 1 unspecified atom stereocenters. The minimum Gasteiger partial charge on any atom is -0.294 e. The van der Waals surface area contributed by atoms with Gasteiger partial charge in [-0.1, -0.05) is 20.3 Å². The molecule has 1 atom stereocenters. The molecule has 1 saturated carbocycles. The Bertz CT molecular complexity index is 110. The molecule has 0 aromatic rings. The minimum atomic E-state index is 0.790. The Kier molecular flexibility index (Phi) is 2.26. The molecule has 0 heterocycles. The normalized spacial score (nSPS) is 19.6. The van der Waals surface area contributed by atoms with E-state index in [1.54, 1.807) is 0 Å². The highest BCUT2D eigenvalue weighted by Gasteiger charge is 2.12. The molecule has 1 rings (SSSR count). The summed E-state index contributed by atoms with van der Waals surface area (Å²) in [4.78, 5) is 4.42. The maximum atomic E-state index is 4.42. The molecule has 0 aromatic heterocycles. The Morgan fingerprint density at radius 2 is 2.22 bits per heavy atom. The maximum Gasteiger partial charge on any atom is 0.0414 e. The molecule has 52 valence electrons. The van der Waals surface area contributed by atoms with Gasteiger partial charge < -0.3 is 0 Å². The van der Waals surface area contributed by atoms with E-state index in [2.05, 4.69) is 18.8 Å². The summed E-state index contributed by atoms with van der Waals surface area (Å²) >= 11 is 0. The first-order chi connectivity index (χ1) is 4.33. The smallest absolute Gasteiger partial charge is 0.0414 e. The predicted octanol–water partition coefficient (Wildman–Crippen LogP) is 2.27. The molecule has 0 bridgehead atoms. The van der Waals surface area contributed by atoms with Crippen molar-refractivity contribution in [1.82, 2.24) is 0 Å². The molecule has 1 heteroatoms. The lowest BCUT2D eigenvalue weighted by atomic mass is 10.1. The molecule has 1 aliphatic rings. The second-order valence-corrected chi connectivity index (χ2v) is 2.92. The van der Waals surface area contributed by atoms with Crippen LogP contribution in [-0.4, -0.2) is 12.3 Å². The predicted molar refractivity (Wildman–Crippen MR) is 41.0 cm³/mol. The maximum absolute atomic E-state index is 4.42. The molecule has 0 aromatic carbocycles. The molecule has 0 aliphatic heterocycles. The molecule has 1 nitrogen and oxygen atoms in total. The average molecular weight is 125 g/mol. The van der Waals surface area contributed by atoms with Gasteiger partial charge in [0.25, 0.3) is 0 Å². The lowest BCUT2D eigenvalue weighted by Gasteiger charge is -2.00. The lowest BCUT2D eigenvalue weighted by molar-refractivity contribution is 0.577. The van der Waals surface area contributed by atoms with Gasteiger partial charge in [0, 0.05) is 12.3 Å². The van der Waals surface area contributed by atoms with Gasteiger partial charge >= 0.3 is 0 Å². The van der Waals surface area contributed by atoms with Gasteiger partial charge in [-0.2, -0.15) is 0 Å². The Morgan fingerprint density at radius 1 is 1.56 bits per heavy atom. The first-order valence-electron chi connectivity index (χ1n) is 3.85. The Labute approximate surface area is 57.2 Å². The summed E-state index contributed by atoms with van der Waals surface area (Å²) in [6.45, 7) is 5.54. The third kappa shape index (κ3) is 2.64. The first kappa shape index (κ1) is 6.79. The van der Waals surface area contributed by atoms with E-state index in [4.69, 9.17) is 0 Å². The molecule has 0 N–H and O–H groups in total. The molecule has 0 spiro atoms. The highest BCUT2D eigenvalue weighted by Crippen LogP contribution is 2.15. The topological polar surface area (TPSA) is 12.4 Å². The van der Waals surface area contributed by atoms with E-state index in [1.165, 1.54) is 25.0 Å². The van der Waals surface area contributed by atoms with E-state index in [0.29, 0.717) is 0 Å². The van der Waals surface area contributed by atoms with Gasteiger partial charge in [-0.3, -0.25) is 4.99 Å². The largest absolute Gasteiger partial charge is 0.294 e. The SMILES string of the molecule is CCC(C)CN=C1CC1. The third-order valence-corrected chi connectivity index (χ3v) is 1.80. The van der Waals surface area contributed by atoms with Crippen molar-refractivity contribution >= 4 is 5.71 Å². The van der Waals surface area contributed by atoms with Gasteiger partial charge in [-0.25, -0.2) is 0 Å². The number of hydrogen-bond acceptors (Lipinski definition) is 1. The van der Waals surface area contributed by atoms with Crippen LogP contribution in [0, 0.1) is 5.92 Å². The van der Waals surface area contributed by atoms with Crippen LogP contribution >= 0.6 is 0 Å². The molecule has 0 amide bonds. The molecule has 1 aliphatic carbocycles. The van der Waals surface area contributed by atoms with Crippen LogP contribution in [0.25, 0.3) is 0 Å². The van der Waals surface area contributed by atoms with Crippen molar-refractivity contribution in [2.24, 2.45) is 10.9 Å². The van der Waals surface area contributed by atoms with Crippen molar-refractivity contribution < 1.29 is 0 Å². The zero-order chi connectivity index (χ0) is 6.69. The zero-order valence-electron chi connectivity index (χ0n) is 6.35. The highest BCUT2D eigenvalue weighted by atomic mass is 14.8. The van der Waals surface area contributed by atoms with E-state index >= 15 is 0 Å². The van der Waals surface area contributed by atoms with E-state index in [0.717, 1.165) is 12.5 Å². The van der Waals surface area contributed by atoms with Gasteiger partial charge in [-0.05, 0) is 18.8 Å². The van der Waals surface area contributed by atoms with E-state index < -0.39 is 0 Å². The van der Waals surface area contributed by atoms with Gasteiger partial charge in [0.1, 0.15) is 0 Å². The van der Waals surface area contributed by atoms with Crippen LogP contribution in [0.5, 0.6) is 0 Å². The molecular weight excluding hydrogens is 110 g/mol. The molecular formula is C8H15N. The van der Waals surface area contributed by atoms with Crippen LogP contribution in [-0.2, 0) is 0 Å². The van der Waals surface area contributed by atoms with Crippen LogP contribution in [0.4, 0.5) is 0 Å². The Hall–Kier alpha value is -0.330. The molecule has 0 radical (unpaired) electrons. The summed E-state index contributed by atoms with van der Waals surface area (Å²) < 4.78 is 0. The average Bonchev–Trinajstić information content (AvgIpc) is 2.65. The van der Waals surface area contributed by atoms with E-state index in [9.17, 15) is 0 Å². The number of rotatable bonds is 3. The van der Waals surface area contributed by atoms with Gasteiger partial charge in [0.05, 0.1) is 0 Å². The Morgan fingerprint density at radius 3 is 2.67 bits per heavy atom. The fourth-order valence-electron chi connectivity index (χ4n) is 0.628. The monoisotopic (exact) mass is 125 g/mol. The summed E-state index contributed by atoms with van der Waals surface area (Å²) in [5, 5.41) is 0. The standard InChI is InChI=1S/C8H15N/c1-3-7(2)6-9-8-4-5-8/h7H,3-6H2,1-2H3. The summed E-state index contributed by atoms with van der Waals surface area (Å²) in [5.41, 5.74) is 1.44. The van der Waals surface area contributed by atoms with Gasteiger partial charge in [0.2, 0.25) is 0 Å². The third-order valence-electron chi connectivity index (χ3n) is 1.80. The van der Waals surface area contributed by atoms with E-state index in [-0.39, 0.29) is 0 Å². The van der Waals surface area contributed by atoms with Crippen molar-refractivity contribution in [2.75, 3.05) is 6.54 Å². The summed E-state index contributed by atoms with van der Waals surface area (Å²) in [6, 6.07) is 0. The molecule has 0 saturated heterocycles. The van der Waals surface area contributed by atoms with Crippen molar-refractivity contribution in [3.63, 3.8) is 0 Å². The van der Waals surface area contributed by atoms with Crippen molar-refractivity contribution in [3.05, 3.63) is 0 Å². The van der Waals surface area contributed by atoms with Gasteiger partial charge in [-0.15, -0.1) is 0 Å². The van der Waals surface area contributed by atoms with Crippen molar-refractivity contribution in [2.45, 2.75) is 33.1 Å². The minimum absolute atomic E-state index is 0.790. The van der Waals surface area contributed by atoms with Gasteiger partial charge in [0.15, 0.2) is 0 Å². The first-order valence-corrected chi connectivity index (χ1v) is 3.85. The fourth-order valence-corrected chi connectivity index (χ4v) is 0.628. The summed E-state index contributed by atoms with van der Waals surface area (Å²) in [7, 11) is 0. The van der Waals surface area contributed by atoms with Crippen LogP contribution in [0.1, 0.15) is 33.1 Å². The van der Waals surface area contributed by atoms with Crippen LogP contribution in [0.15, 0.2) is 4.99 Å². The number of aliphatic imine (C=N–C) groups is 1. The van der Waals surface area contributed by atoms with Crippen molar-refractivity contribution in [1.29, 1.82) is 0 Å². The summed E-state index contributed by atoms with van der Waals surface area (Å²) in [5.74, 6) is 0.790. The highest BCUT2D eigenvalue weighted by molar-refractivity contribution is 5.97. The summed E-state index contributed by atoms with van der Waals surface area (Å²) in [6.07, 6.45) is 3.81. The quantitative estimate of drug-likeness (QED) is 0.548. The van der Waals surface area contributed by atoms with Crippen molar-refractivity contribution in [3.8, 4) is 0 Å².